The van der Waals surface area contributed by atoms with Crippen LogP contribution in [0.3, 0.4) is 0 Å². The lowest BCUT2D eigenvalue weighted by molar-refractivity contribution is -0.300. The first-order valence-corrected chi connectivity index (χ1v) is 9.31. The van der Waals surface area contributed by atoms with Crippen molar-refractivity contribution in [1.82, 2.24) is 0 Å². The van der Waals surface area contributed by atoms with Crippen molar-refractivity contribution in [2.45, 2.75) is 63.4 Å². The van der Waals surface area contributed by atoms with Crippen LogP contribution in [0.4, 0.5) is 0 Å². The number of aliphatic hydroxyl groups excluding tert-OH is 2. The maximum Gasteiger partial charge on any atom is 0.341 e. The van der Waals surface area contributed by atoms with Gasteiger partial charge in [0, 0.05) is 17.8 Å². The monoisotopic (exact) mass is 348 g/mol. The van der Waals surface area contributed by atoms with E-state index in [0.717, 1.165) is 0 Å². The van der Waals surface area contributed by atoms with Crippen LogP contribution in [0.5, 0.6) is 0 Å². The summed E-state index contributed by atoms with van der Waals surface area (Å²) in [6.45, 7) is 5.68. The van der Waals surface area contributed by atoms with Crippen LogP contribution in [0.25, 0.3) is 0 Å². The Kier molecular flexibility index (Phi) is 2.83. The highest BCUT2D eigenvalue weighted by atomic mass is 16.6. The fourth-order valence-electron chi connectivity index (χ4n) is 6.61. The van der Waals surface area contributed by atoms with Gasteiger partial charge in [0.25, 0.3) is 0 Å². The molecule has 0 aromatic heterocycles. The highest BCUT2D eigenvalue weighted by Gasteiger charge is 2.84. The standard InChI is InChI=1S/C19H24O6/c1-7-4-8(2)14(21)12-17(23)25-18-6-9(3)16-15(22)10(18)5-11(13(7)20)19(12,18)24-16/h7-11,15-16,21-22H,4-6H2,1-3H3/b14-12+/t7-,8+,9+,10?,11?,15+,16-,18+,19-/m0/s1. The summed E-state index contributed by atoms with van der Waals surface area (Å²) in [5, 5.41) is 21.7. The van der Waals surface area contributed by atoms with E-state index in [4.69, 9.17) is 9.47 Å². The summed E-state index contributed by atoms with van der Waals surface area (Å²) in [5.74, 6) is -1.89. The summed E-state index contributed by atoms with van der Waals surface area (Å²) in [6.07, 6.45) is 0.318. The molecule has 6 heteroatoms. The van der Waals surface area contributed by atoms with Gasteiger partial charge < -0.3 is 19.7 Å². The Hall–Kier alpha value is -1.40. The first-order valence-electron chi connectivity index (χ1n) is 9.31. The first kappa shape index (κ1) is 15.8. The molecule has 0 aromatic carbocycles. The number of ether oxygens (including phenoxy) is 2. The maximum absolute atomic E-state index is 13.2. The minimum atomic E-state index is -1.23. The van der Waals surface area contributed by atoms with Crippen LogP contribution in [-0.2, 0) is 19.1 Å². The second-order valence-corrected chi connectivity index (χ2v) is 8.86. The second kappa shape index (κ2) is 4.46. The van der Waals surface area contributed by atoms with E-state index >= 15 is 0 Å². The summed E-state index contributed by atoms with van der Waals surface area (Å²) in [6, 6.07) is 0. The number of hydrogen-bond donors (Lipinski definition) is 2. The molecule has 3 heterocycles. The molecule has 9 atom stereocenters. The van der Waals surface area contributed by atoms with Crippen molar-refractivity contribution in [1.29, 1.82) is 0 Å². The van der Waals surface area contributed by atoms with Crippen molar-refractivity contribution in [3.63, 3.8) is 0 Å². The number of rotatable bonds is 0. The van der Waals surface area contributed by atoms with Crippen molar-refractivity contribution in [3.8, 4) is 0 Å². The Morgan fingerprint density at radius 2 is 1.84 bits per heavy atom. The molecule has 6 rings (SSSR count). The molecule has 6 nitrogen and oxygen atoms in total. The predicted molar refractivity (Wildman–Crippen MR) is 85.4 cm³/mol. The molecule has 3 aliphatic heterocycles. The molecular weight excluding hydrogens is 324 g/mol. The topological polar surface area (TPSA) is 93.1 Å². The minimum absolute atomic E-state index is 0.00145. The molecule has 2 spiro atoms. The first-order chi connectivity index (χ1) is 11.7. The highest BCUT2D eigenvalue weighted by Crippen LogP contribution is 2.70. The fourth-order valence-corrected chi connectivity index (χ4v) is 6.61. The molecule has 2 unspecified atom stereocenters. The summed E-state index contributed by atoms with van der Waals surface area (Å²) in [7, 11) is 0. The summed E-state index contributed by atoms with van der Waals surface area (Å²) >= 11 is 0. The van der Waals surface area contributed by atoms with Gasteiger partial charge in [-0.05, 0) is 25.2 Å². The molecular formula is C19H24O6. The van der Waals surface area contributed by atoms with Crippen LogP contribution < -0.4 is 0 Å². The molecule has 3 aliphatic carbocycles. The van der Waals surface area contributed by atoms with Gasteiger partial charge in [-0.2, -0.15) is 0 Å². The zero-order valence-corrected chi connectivity index (χ0v) is 14.7. The quantitative estimate of drug-likeness (QED) is 0.645. The molecule has 136 valence electrons. The van der Waals surface area contributed by atoms with E-state index in [1.54, 1.807) is 0 Å². The number of ketones is 1. The average molecular weight is 348 g/mol. The van der Waals surface area contributed by atoms with Gasteiger partial charge in [-0.1, -0.05) is 20.8 Å². The molecule has 4 bridgehead atoms. The van der Waals surface area contributed by atoms with Crippen LogP contribution in [0.15, 0.2) is 11.3 Å². The van der Waals surface area contributed by atoms with Crippen molar-refractivity contribution >= 4 is 11.8 Å². The Bertz CT molecular complexity index is 727. The summed E-state index contributed by atoms with van der Waals surface area (Å²) in [5.41, 5.74) is -2.11. The van der Waals surface area contributed by atoms with Gasteiger partial charge in [-0.15, -0.1) is 0 Å². The third-order valence-corrected chi connectivity index (χ3v) is 7.57. The van der Waals surface area contributed by atoms with E-state index < -0.39 is 35.3 Å². The number of Topliss-reactive ketones (excluding diaryl/α,β-unsaturated/α-hetero) is 1. The van der Waals surface area contributed by atoms with E-state index in [0.29, 0.717) is 19.3 Å². The predicted octanol–water partition coefficient (Wildman–Crippen LogP) is 1.51. The van der Waals surface area contributed by atoms with Gasteiger partial charge in [-0.3, -0.25) is 4.79 Å². The van der Waals surface area contributed by atoms with Crippen molar-refractivity contribution in [3.05, 3.63) is 11.3 Å². The molecule has 0 radical (unpaired) electrons. The molecule has 0 amide bonds. The zero-order valence-electron chi connectivity index (χ0n) is 14.7. The number of carbonyl (C=O) groups is 2. The fraction of sp³-hybridized carbons (Fsp3) is 0.789. The number of carbonyl (C=O) groups excluding carboxylic acids is 2. The Morgan fingerprint density at radius 1 is 1.12 bits per heavy atom. The van der Waals surface area contributed by atoms with Gasteiger partial charge in [-0.25, -0.2) is 4.79 Å². The van der Waals surface area contributed by atoms with Gasteiger partial charge >= 0.3 is 5.97 Å². The third-order valence-electron chi connectivity index (χ3n) is 7.57. The van der Waals surface area contributed by atoms with Crippen molar-refractivity contribution in [2.24, 2.45) is 29.6 Å². The Balaban J connectivity index is 1.82. The van der Waals surface area contributed by atoms with Gasteiger partial charge in [0.05, 0.1) is 18.1 Å². The number of esters is 1. The van der Waals surface area contributed by atoms with Crippen molar-refractivity contribution < 1.29 is 29.3 Å². The number of allylic oxidation sites excluding steroid dienone is 1. The second-order valence-electron chi connectivity index (χ2n) is 8.86. The van der Waals surface area contributed by atoms with E-state index in [-0.39, 0.29) is 40.8 Å². The number of fused-ring (bicyclic) bond motifs is 1. The van der Waals surface area contributed by atoms with Crippen LogP contribution in [-0.4, -0.2) is 45.4 Å². The number of hydrogen-bond acceptors (Lipinski definition) is 6. The Morgan fingerprint density at radius 3 is 2.56 bits per heavy atom. The molecule has 0 aromatic rings. The minimum Gasteiger partial charge on any atom is -0.511 e. The molecule has 2 saturated carbocycles. The lowest BCUT2D eigenvalue weighted by atomic mass is 9.59. The largest absolute Gasteiger partial charge is 0.511 e. The summed E-state index contributed by atoms with van der Waals surface area (Å²) in [4.78, 5) is 26.1. The molecule has 6 aliphatic rings. The van der Waals surface area contributed by atoms with Crippen molar-refractivity contribution in [2.75, 3.05) is 0 Å². The smallest absolute Gasteiger partial charge is 0.341 e. The van der Waals surface area contributed by atoms with E-state index in [9.17, 15) is 19.8 Å². The van der Waals surface area contributed by atoms with Crippen LogP contribution in [0.1, 0.15) is 40.0 Å². The van der Waals surface area contributed by atoms with Crippen LogP contribution >= 0.6 is 0 Å². The zero-order chi connectivity index (χ0) is 17.9. The van der Waals surface area contributed by atoms with Gasteiger partial charge in [0.1, 0.15) is 17.1 Å². The van der Waals surface area contributed by atoms with E-state index in [1.165, 1.54) is 0 Å². The van der Waals surface area contributed by atoms with Gasteiger partial charge in [0.2, 0.25) is 0 Å². The third kappa shape index (κ3) is 1.48. The molecule has 2 N–H and O–H groups in total. The van der Waals surface area contributed by atoms with Crippen LogP contribution in [0, 0.1) is 29.6 Å². The molecule has 25 heavy (non-hydrogen) atoms. The van der Waals surface area contributed by atoms with Gasteiger partial charge in [0.15, 0.2) is 11.2 Å². The highest BCUT2D eigenvalue weighted by molar-refractivity contribution is 5.99. The maximum atomic E-state index is 13.2. The normalized spacial score (nSPS) is 59.4. The lowest BCUT2D eigenvalue weighted by Gasteiger charge is -2.58. The Labute approximate surface area is 146 Å². The number of aliphatic hydroxyl groups is 2. The molecule has 5 fully saturated rings. The van der Waals surface area contributed by atoms with E-state index in [1.807, 2.05) is 20.8 Å². The van der Waals surface area contributed by atoms with Crippen LogP contribution in [0.2, 0.25) is 0 Å². The van der Waals surface area contributed by atoms with E-state index in [2.05, 4.69) is 0 Å². The molecule has 3 saturated heterocycles. The summed E-state index contributed by atoms with van der Waals surface area (Å²) < 4.78 is 12.3. The SMILES string of the molecule is C[C@@H]1C[C@H](C)C(=O)C2CC3[C@@H](O)[C@H]4O[C@]25/C(=C\1O)C(=O)O[C@]35C[C@H]4C. The lowest BCUT2D eigenvalue weighted by Crippen LogP contribution is -2.72. The average Bonchev–Trinajstić information content (AvgIpc) is 2.90.